The van der Waals surface area contributed by atoms with Gasteiger partial charge in [-0.3, -0.25) is 4.99 Å². The minimum Gasteiger partial charge on any atom is -0.494 e. The summed E-state index contributed by atoms with van der Waals surface area (Å²) >= 11 is 0. The second-order valence-electron chi connectivity index (χ2n) is 5.31. The van der Waals surface area contributed by atoms with Crippen molar-refractivity contribution in [1.82, 2.24) is 10.2 Å². The number of aliphatic imine (C=N–C) groups is 1. The second-order valence-corrected chi connectivity index (χ2v) is 5.31. The molecule has 0 aromatic heterocycles. The van der Waals surface area contributed by atoms with E-state index in [0.29, 0.717) is 13.1 Å². The number of aliphatic hydroxyl groups excluding tert-OH is 1. The molecule has 124 valence electrons. The van der Waals surface area contributed by atoms with Gasteiger partial charge in [0.15, 0.2) is 17.5 Å². The normalized spacial score (nSPS) is 12.9. The van der Waals surface area contributed by atoms with Crippen LogP contribution in [0.2, 0.25) is 0 Å². The number of nitrogens with zero attached hydrogens (tertiary/aromatic N) is 2. The average Bonchev–Trinajstić information content (AvgIpc) is 2.51. The van der Waals surface area contributed by atoms with Crippen LogP contribution < -0.4 is 10.1 Å². The van der Waals surface area contributed by atoms with Crippen LogP contribution in [0.3, 0.4) is 0 Å². The van der Waals surface area contributed by atoms with Gasteiger partial charge in [-0.15, -0.1) is 0 Å². The van der Waals surface area contributed by atoms with Crippen LogP contribution in [-0.4, -0.2) is 49.8 Å². The van der Waals surface area contributed by atoms with Crippen molar-refractivity contribution < 1.29 is 14.2 Å². The lowest BCUT2D eigenvalue weighted by molar-refractivity contribution is 0.241. The van der Waals surface area contributed by atoms with Gasteiger partial charge in [-0.05, 0) is 30.5 Å². The molecule has 6 heteroatoms. The van der Waals surface area contributed by atoms with Gasteiger partial charge < -0.3 is 20.1 Å². The summed E-state index contributed by atoms with van der Waals surface area (Å²) in [6, 6.07) is 4.92. The molecule has 0 aliphatic rings. The summed E-state index contributed by atoms with van der Waals surface area (Å²) in [5.74, 6) is 0.715. The maximum atomic E-state index is 13.7. The van der Waals surface area contributed by atoms with Crippen LogP contribution in [0.1, 0.15) is 19.4 Å². The predicted molar refractivity (Wildman–Crippen MR) is 86.6 cm³/mol. The zero-order valence-corrected chi connectivity index (χ0v) is 13.8. The molecule has 5 nitrogen and oxygen atoms in total. The molecule has 0 heterocycles. The fourth-order valence-corrected chi connectivity index (χ4v) is 1.93. The molecule has 0 amide bonds. The van der Waals surface area contributed by atoms with Gasteiger partial charge >= 0.3 is 0 Å². The number of methoxy groups -OCH3 is 1. The summed E-state index contributed by atoms with van der Waals surface area (Å²) in [5, 5.41) is 12.3. The Morgan fingerprint density at radius 1 is 1.50 bits per heavy atom. The van der Waals surface area contributed by atoms with Gasteiger partial charge in [-0.2, -0.15) is 0 Å². The van der Waals surface area contributed by atoms with Crippen molar-refractivity contribution >= 4 is 5.96 Å². The number of benzene rings is 1. The Morgan fingerprint density at radius 2 is 2.23 bits per heavy atom. The van der Waals surface area contributed by atoms with Gasteiger partial charge in [0.25, 0.3) is 0 Å². The van der Waals surface area contributed by atoms with E-state index < -0.39 is 0 Å². The van der Waals surface area contributed by atoms with Crippen LogP contribution in [0.15, 0.2) is 23.2 Å². The first kappa shape index (κ1) is 18.2. The molecule has 1 atom stereocenters. The van der Waals surface area contributed by atoms with E-state index in [9.17, 15) is 4.39 Å². The first-order valence-electron chi connectivity index (χ1n) is 7.44. The summed E-state index contributed by atoms with van der Waals surface area (Å²) < 4.78 is 18.7. The number of ether oxygens (including phenoxy) is 1. The first-order chi connectivity index (χ1) is 10.5. The van der Waals surface area contributed by atoms with Crippen LogP contribution in [0, 0.1) is 11.7 Å². The van der Waals surface area contributed by atoms with Gasteiger partial charge in [0.05, 0.1) is 7.11 Å². The molecule has 0 aliphatic heterocycles. The number of rotatable bonds is 7. The molecule has 1 unspecified atom stereocenters. The SMILES string of the molecule is CCNC(=NCC(C)CO)N(C)Cc1ccc(OC)c(F)c1. The quantitative estimate of drug-likeness (QED) is 0.596. The molecule has 0 bridgehead atoms. The summed E-state index contributed by atoms with van der Waals surface area (Å²) in [4.78, 5) is 6.41. The molecule has 0 aliphatic carbocycles. The Kier molecular flexibility index (Phi) is 7.66. The van der Waals surface area contributed by atoms with Gasteiger partial charge in [0, 0.05) is 33.3 Å². The van der Waals surface area contributed by atoms with Crippen molar-refractivity contribution in [2.45, 2.75) is 20.4 Å². The van der Waals surface area contributed by atoms with Crippen LogP contribution in [0.4, 0.5) is 4.39 Å². The molecule has 0 saturated carbocycles. The lowest BCUT2D eigenvalue weighted by Gasteiger charge is -2.22. The number of hydrogen-bond donors (Lipinski definition) is 2. The highest BCUT2D eigenvalue weighted by atomic mass is 19.1. The summed E-state index contributed by atoms with van der Waals surface area (Å²) in [6.45, 7) is 5.85. The van der Waals surface area contributed by atoms with E-state index in [1.165, 1.54) is 13.2 Å². The highest BCUT2D eigenvalue weighted by Gasteiger charge is 2.10. The van der Waals surface area contributed by atoms with Crippen LogP contribution in [0.5, 0.6) is 5.75 Å². The monoisotopic (exact) mass is 311 g/mol. The third-order valence-corrected chi connectivity index (χ3v) is 3.20. The highest BCUT2D eigenvalue weighted by Crippen LogP contribution is 2.18. The van der Waals surface area contributed by atoms with Gasteiger partial charge in [-0.1, -0.05) is 13.0 Å². The third-order valence-electron chi connectivity index (χ3n) is 3.20. The second kappa shape index (κ2) is 9.25. The number of nitrogens with one attached hydrogen (secondary N) is 1. The number of aliphatic hydroxyl groups is 1. The van der Waals surface area contributed by atoms with E-state index >= 15 is 0 Å². The first-order valence-corrected chi connectivity index (χ1v) is 7.44. The maximum Gasteiger partial charge on any atom is 0.193 e. The Bertz CT molecular complexity index is 494. The standard InChI is InChI=1S/C16H26FN3O2/c1-5-18-16(19-9-12(2)11-21)20(3)10-13-6-7-15(22-4)14(17)8-13/h6-8,12,21H,5,9-11H2,1-4H3,(H,18,19). The fraction of sp³-hybridized carbons (Fsp3) is 0.562. The van der Waals surface area contributed by atoms with Crippen molar-refractivity contribution in [3.05, 3.63) is 29.6 Å². The van der Waals surface area contributed by atoms with E-state index in [1.807, 2.05) is 31.9 Å². The van der Waals surface area contributed by atoms with Crippen molar-refractivity contribution in [2.75, 3.05) is 33.9 Å². The molecule has 0 saturated heterocycles. The Labute approximate surface area is 131 Å². The van der Waals surface area contributed by atoms with E-state index in [1.54, 1.807) is 6.07 Å². The molecule has 1 aromatic carbocycles. The molecule has 0 radical (unpaired) electrons. The summed E-state index contributed by atoms with van der Waals surface area (Å²) in [6.07, 6.45) is 0. The minimum atomic E-state index is -0.371. The van der Waals surface area contributed by atoms with Crippen molar-refractivity contribution in [1.29, 1.82) is 0 Å². The molecule has 1 rings (SSSR count). The van der Waals surface area contributed by atoms with Gasteiger partial charge in [-0.25, -0.2) is 4.39 Å². The van der Waals surface area contributed by atoms with Crippen LogP contribution >= 0.6 is 0 Å². The van der Waals surface area contributed by atoms with E-state index in [4.69, 9.17) is 9.84 Å². The Morgan fingerprint density at radius 3 is 2.77 bits per heavy atom. The van der Waals surface area contributed by atoms with Crippen LogP contribution in [-0.2, 0) is 6.54 Å². The van der Waals surface area contributed by atoms with E-state index in [0.717, 1.165) is 18.1 Å². The number of hydrogen-bond acceptors (Lipinski definition) is 3. The predicted octanol–water partition coefficient (Wildman–Crippen LogP) is 1.86. The third kappa shape index (κ3) is 5.52. The Hall–Kier alpha value is -1.82. The molecule has 1 aromatic rings. The minimum absolute atomic E-state index is 0.107. The zero-order chi connectivity index (χ0) is 16.5. The maximum absolute atomic E-state index is 13.7. The van der Waals surface area contributed by atoms with Crippen molar-refractivity contribution in [2.24, 2.45) is 10.9 Å². The molecule has 2 N–H and O–H groups in total. The molecule has 22 heavy (non-hydrogen) atoms. The van der Waals surface area contributed by atoms with E-state index in [-0.39, 0.29) is 24.1 Å². The van der Waals surface area contributed by atoms with Crippen molar-refractivity contribution in [3.63, 3.8) is 0 Å². The largest absolute Gasteiger partial charge is 0.494 e. The smallest absolute Gasteiger partial charge is 0.193 e. The van der Waals surface area contributed by atoms with Gasteiger partial charge in [0.2, 0.25) is 0 Å². The van der Waals surface area contributed by atoms with Crippen molar-refractivity contribution in [3.8, 4) is 5.75 Å². The average molecular weight is 311 g/mol. The van der Waals surface area contributed by atoms with Crippen LogP contribution in [0.25, 0.3) is 0 Å². The summed E-state index contributed by atoms with van der Waals surface area (Å²) in [5.41, 5.74) is 0.835. The van der Waals surface area contributed by atoms with Gasteiger partial charge in [0.1, 0.15) is 0 Å². The highest BCUT2D eigenvalue weighted by molar-refractivity contribution is 5.79. The molecule has 0 fully saturated rings. The molecular formula is C16H26FN3O2. The lowest BCUT2D eigenvalue weighted by atomic mass is 10.2. The lowest BCUT2D eigenvalue weighted by Crippen LogP contribution is -2.38. The number of guanidine groups is 1. The fourth-order valence-electron chi connectivity index (χ4n) is 1.93. The summed E-state index contributed by atoms with van der Waals surface area (Å²) in [7, 11) is 3.34. The molecule has 0 spiro atoms. The zero-order valence-electron chi connectivity index (χ0n) is 13.8. The topological polar surface area (TPSA) is 57.1 Å². The molecular weight excluding hydrogens is 285 g/mol. The van der Waals surface area contributed by atoms with E-state index in [2.05, 4.69) is 10.3 Å². The number of halogens is 1. The Balaban J connectivity index is 2.77.